The smallest absolute Gasteiger partial charge is 0.203 e. The Hall–Kier alpha value is -0.910. The van der Waals surface area contributed by atoms with E-state index in [0.29, 0.717) is 17.2 Å². The summed E-state index contributed by atoms with van der Waals surface area (Å²) in [6.45, 7) is 2.05. The molecule has 0 amide bonds. The predicted molar refractivity (Wildman–Crippen MR) is 90.6 cm³/mol. The lowest BCUT2D eigenvalue weighted by molar-refractivity contribution is 0.322. The molecule has 0 fully saturated rings. The van der Waals surface area contributed by atoms with Crippen molar-refractivity contribution in [1.82, 2.24) is 0 Å². The van der Waals surface area contributed by atoms with E-state index in [-0.39, 0.29) is 5.38 Å². The molecule has 1 heterocycles. The van der Waals surface area contributed by atoms with Crippen LogP contribution in [-0.4, -0.2) is 21.3 Å². The van der Waals surface area contributed by atoms with Crippen LogP contribution in [0.5, 0.6) is 17.2 Å². The Balaban J connectivity index is 2.55. The standard InChI is InChI=1S/C15H16BrClO3S/c1-8-10(7-12(16)21-8)13(17)9-5-6-11(18-2)15(20-4)14(9)19-3/h5-7,13H,1-4H3. The number of hydrogen-bond donors (Lipinski definition) is 0. The summed E-state index contributed by atoms with van der Waals surface area (Å²) in [5, 5.41) is -0.317. The Labute approximate surface area is 141 Å². The number of ether oxygens (including phenoxy) is 3. The van der Waals surface area contributed by atoms with Crippen molar-refractivity contribution >= 4 is 38.9 Å². The molecular weight excluding hydrogens is 376 g/mol. The second-order valence-electron chi connectivity index (χ2n) is 4.35. The highest BCUT2D eigenvalue weighted by Crippen LogP contribution is 2.47. The number of alkyl halides is 1. The molecule has 114 valence electrons. The lowest BCUT2D eigenvalue weighted by Crippen LogP contribution is -2.01. The molecule has 0 N–H and O–H groups in total. The van der Waals surface area contributed by atoms with Crippen LogP contribution < -0.4 is 14.2 Å². The molecule has 2 aromatic rings. The van der Waals surface area contributed by atoms with E-state index in [0.717, 1.165) is 14.9 Å². The first-order valence-electron chi connectivity index (χ1n) is 6.22. The van der Waals surface area contributed by atoms with Gasteiger partial charge < -0.3 is 14.2 Å². The van der Waals surface area contributed by atoms with Crippen LogP contribution in [0.1, 0.15) is 21.4 Å². The number of thiophene rings is 1. The van der Waals surface area contributed by atoms with Crippen molar-refractivity contribution < 1.29 is 14.2 Å². The minimum Gasteiger partial charge on any atom is -0.493 e. The molecule has 21 heavy (non-hydrogen) atoms. The zero-order valence-corrected chi connectivity index (χ0v) is 15.4. The third-order valence-corrected chi connectivity index (χ3v) is 5.25. The first-order valence-corrected chi connectivity index (χ1v) is 8.26. The summed E-state index contributed by atoms with van der Waals surface area (Å²) in [5.41, 5.74) is 1.91. The molecule has 0 bridgehead atoms. The molecule has 0 saturated carbocycles. The maximum absolute atomic E-state index is 6.67. The van der Waals surface area contributed by atoms with Crippen molar-refractivity contribution in [3.8, 4) is 17.2 Å². The fraction of sp³-hybridized carbons (Fsp3) is 0.333. The van der Waals surface area contributed by atoms with Gasteiger partial charge in [0.05, 0.1) is 30.5 Å². The van der Waals surface area contributed by atoms with Gasteiger partial charge in [-0.25, -0.2) is 0 Å². The second-order valence-corrected chi connectivity index (χ2v) is 7.42. The van der Waals surface area contributed by atoms with Crippen molar-refractivity contribution in [2.75, 3.05) is 21.3 Å². The molecule has 6 heteroatoms. The minimum absolute atomic E-state index is 0.317. The van der Waals surface area contributed by atoms with Crippen molar-refractivity contribution in [3.63, 3.8) is 0 Å². The van der Waals surface area contributed by atoms with Gasteiger partial charge in [0, 0.05) is 10.4 Å². The van der Waals surface area contributed by atoms with Crippen LogP contribution in [0, 0.1) is 6.92 Å². The van der Waals surface area contributed by atoms with Gasteiger partial charge in [-0.05, 0) is 46.6 Å². The van der Waals surface area contributed by atoms with E-state index >= 15 is 0 Å². The van der Waals surface area contributed by atoms with Crippen LogP contribution in [-0.2, 0) is 0 Å². The van der Waals surface area contributed by atoms with Gasteiger partial charge in [0.25, 0.3) is 0 Å². The van der Waals surface area contributed by atoms with E-state index in [1.165, 1.54) is 4.88 Å². The van der Waals surface area contributed by atoms with E-state index in [2.05, 4.69) is 15.9 Å². The molecule has 3 nitrogen and oxygen atoms in total. The van der Waals surface area contributed by atoms with Gasteiger partial charge in [-0.15, -0.1) is 22.9 Å². The largest absolute Gasteiger partial charge is 0.493 e. The van der Waals surface area contributed by atoms with Crippen LogP contribution in [0.3, 0.4) is 0 Å². The summed E-state index contributed by atoms with van der Waals surface area (Å²) < 4.78 is 17.3. The number of benzene rings is 1. The maximum Gasteiger partial charge on any atom is 0.203 e. The summed E-state index contributed by atoms with van der Waals surface area (Å²) in [6.07, 6.45) is 0. The fourth-order valence-electron chi connectivity index (χ4n) is 2.20. The summed E-state index contributed by atoms with van der Waals surface area (Å²) in [4.78, 5) is 1.17. The van der Waals surface area contributed by atoms with Gasteiger partial charge >= 0.3 is 0 Å². The SMILES string of the molecule is COc1ccc(C(Cl)c2cc(Br)sc2C)c(OC)c1OC. The molecule has 2 rings (SSSR count). The van der Waals surface area contributed by atoms with Crippen molar-refractivity contribution in [2.24, 2.45) is 0 Å². The average molecular weight is 392 g/mol. The highest BCUT2D eigenvalue weighted by Gasteiger charge is 2.24. The van der Waals surface area contributed by atoms with Gasteiger partial charge in [-0.1, -0.05) is 0 Å². The Bertz CT molecular complexity index is 642. The Morgan fingerprint density at radius 2 is 1.71 bits per heavy atom. The van der Waals surface area contributed by atoms with Crippen molar-refractivity contribution in [2.45, 2.75) is 12.3 Å². The highest BCUT2D eigenvalue weighted by atomic mass is 79.9. The summed E-state index contributed by atoms with van der Waals surface area (Å²) in [7, 11) is 4.77. The van der Waals surface area contributed by atoms with E-state index in [1.54, 1.807) is 32.7 Å². The van der Waals surface area contributed by atoms with E-state index < -0.39 is 0 Å². The molecule has 0 radical (unpaired) electrons. The molecule has 0 aliphatic heterocycles. The third kappa shape index (κ3) is 3.15. The molecule has 0 aliphatic rings. The highest BCUT2D eigenvalue weighted by molar-refractivity contribution is 9.11. The first kappa shape index (κ1) is 16.5. The van der Waals surface area contributed by atoms with Crippen LogP contribution in [0.15, 0.2) is 22.0 Å². The van der Waals surface area contributed by atoms with Gasteiger partial charge in [0.2, 0.25) is 5.75 Å². The topological polar surface area (TPSA) is 27.7 Å². The Kier molecular flexibility index (Phi) is 5.41. The predicted octanol–water partition coefficient (Wildman–Crippen LogP) is 5.17. The number of methoxy groups -OCH3 is 3. The normalized spacial score (nSPS) is 12.1. The van der Waals surface area contributed by atoms with E-state index in [9.17, 15) is 0 Å². The maximum atomic E-state index is 6.67. The molecule has 1 atom stereocenters. The summed E-state index contributed by atoms with van der Waals surface area (Å²) in [5.74, 6) is 1.76. The molecule has 1 unspecified atom stereocenters. The van der Waals surface area contributed by atoms with Crippen LogP contribution in [0.4, 0.5) is 0 Å². The Morgan fingerprint density at radius 3 is 2.19 bits per heavy atom. The van der Waals surface area contributed by atoms with E-state index in [4.69, 9.17) is 25.8 Å². The van der Waals surface area contributed by atoms with Crippen LogP contribution in [0.25, 0.3) is 0 Å². The first-order chi connectivity index (χ1) is 10.0. The molecule has 0 saturated heterocycles. The lowest BCUT2D eigenvalue weighted by Gasteiger charge is -2.18. The molecule has 1 aromatic heterocycles. The molecule has 0 spiro atoms. The van der Waals surface area contributed by atoms with Crippen molar-refractivity contribution in [3.05, 3.63) is 38.0 Å². The monoisotopic (exact) mass is 390 g/mol. The van der Waals surface area contributed by atoms with Crippen molar-refractivity contribution in [1.29, 1.82) is 0 Å². The Morgan fingerprint density at radius 1 is 1.05 bits per heavy atom. The number of rotatable bonds is 5. The molecular formula is C15H16BrClO3S. The fourth-order valence-corrected chi connectivity index (χ4v) is 4.41. The minimum atomic E-state index is -0.317. The third-order valence-electron chi connectivity index (χ3n) is 3.21. The number of halogens is 2. The van der Waals surface area contributed by atoms with Gasteiger partial charge in [0.1, 0.15) is 0 Å². The molecule has 0 aliphatic carbocycles. The number of aryl methyl sites for hydroxylation is 1. The second kappa shape index (κ2) is 6.90. The zero-order chi connectivity index (χ0) is 15.6. The van der Waals surface area contributed by atoms with E-state index in [1.807, 2.05) is 25.1 Å². The molecule has 1 aromatic carbocycles. The van der Waals surface area contributed by atoms with Crippen LogP contribution in [0.2, 0.25) is 0 Å². The summed E-state index contributed by atoms with van der Waals surface area (Å²) >= 11 is 11.8. The summed E-state index contributed by atoms with van der Waals surface area (Å²) in [6, 6.07) is 5.78. The quantitative estimate of drug-likeness (QED) is 0.658. The zero-order valence-electron chi connectivity index (χ0n) is 12.2. The van der Waals surface area contributed by atoms with Gasteiger partial charge in [-0.3, -0.25) is 0 Å². The van der Waals surface area contributed by atoms with Gasteiger partial charge in [0.15, 0.2) is 11.5 Å². The average Bonchev–Trinajstić information content (AvgIpc) is 2.83. The van der Waals surface area contributed by atoms with Crippen LogP contribution >= 0.6 is 38.9 Å². The number of hydrogen-bond acceptors (Lipinski definition) is 4. The lowest BCUT2D eigenvalue weighted by atomic mass is 10.0. The van der Waals surface area contributed by atoms with Gasteiger partial charge in [-0.2, -0.15) is 0 Å².